The first-order valence-corrected chi connectivity index (χ1v) is 11.1. The van der Waals surface area contributed by atoms with Crippen molar-refractivity contribution in [1.82, 2.24) is 4.98 Å². The monoisotopic (exact) mass is 487 g/mol. The Morgan fingerprint density at radius 3 is 2.23 bits per heavy atom. The summed E-state index contributed by atoms with van der Waals surface area (Å²) < 4.78 is 55.2. The molecule has 3 aromatic rings. The maximum absolute atomic E-state index is 12.8. The maximum atomic E-state index is 12.8. The summed E-state index contributed by atoms with van der Waals surface area (Å²) >= 11 is 0. The Bertz CT molecular complexity index is 1190. The normalized spacial score (nSPS) is 11.8. The van der Waals surface area contributed by atoms with Gasteiger partial charge in [-0.1, -0.05) is 18.2 Å². The number of rotatable bonds is 8. The minimum atomic E-state index is -4.37. The minimum Gasteiger partial charge on any atom is -0.489 e. The summed E-state index contributed by atoms with van der Waals surface area (Å²) in [7, 11) is 0. The summed E-state index contributed by atoms with van der Waals surface area (Å²) in [5.74, 6) is 0.728. The van der Waals surface area contributed by atoms with Gasteiger partial charge in [0.1, 0.15) is 18.1 Å². The van der Waals surface area contributed by atoms with Gasteiger partial charge in [0.2, 0.25) is 0 Å². The Labute approximate surface area is 202 Å². The van der Waals surface area contributed by atoms with Crippen LogP contribution in [0, 0.1) is 13.8 Å². The number of alkyl halides is 3. The van der Waals surface area contributed by atoms with Crippen LogP contribution in [0.25, 0.3) is 11.3 Å². The van der Waals surface area contributed by atoms with Crippen LogP contribution < -0.4 is 9.47 Å². The van der Waals surface area contributed by atoms with E-state index >= 15 is 0 Å². The van der Waals surface area contributed by atoms with Crippen LogP contribution in [0.3, 0.4) is 0 Å². The van der Waals surface area contributed by atoms with E-state index in [0.717, 1.165) is 29.0 Å². The van der Waals surface area contributed by atoms with Crippen LogP contribution in [0.5, 0.6) is 11.5 Å². The quantitative estimate of drug-likeness (QED) is 0.332. The molecule has 0 spiro atoms. The van der Waals surface area contributed by atoms with E-state index in [1.54, 1.807) is 39.0 Å². The highest BCUT2D eigenvalue weighted by molar-refractivity contribution is 5.79. The number of carbonyl (C=O) groups excluding carboxylic acids is 1. The number of aromatic nitrogens is 1. The van der Waals surface area contributed by atoms with Gasteiger partial charge in [-0.25, -0.2) is 4.79 Å². The zero-order valence-corrected chi connectivity index (χ0v) is 20.3. The number of ether oxygens (including phenoxy) is 3. The van der Waals surface area contributed by atoms with E-state index in [9.17, 15) is 18.0 Å². The molecule has 0 saturated heterocycles. The summed E-state index contributed by atoms with van der Waals surface area (Å²) in [5, 5.41) is 0. The molecule has 0 unspecified atom stereocenters. The maximum Gasteiger partial charge on any atom is 0.416 e. The third kappa shape index (κ3) is 6.53. The predicted molar refractivity (Wildman–Crippen MR) is 126 cm³/mol. The Balaban J connectivity index is 1.66. The molecule has 186 valence electrons. The molecule has 0 amide bonds. The molecule has 5 nitrogen and oxygen atoms in total. The zero-order valence-electron chi connectivity index (χ0n) is 20.3. The Morgan fingerprint density at radius 2 is 1.66 bits per heavy atom. The van der Waals surface area contributed by atoms with E-state index in [-0.39, 0.29) is 13.2 Å². The van der Waals surface area contributed by atoms with E-state index in [4.69, 9.17) is 14.2 Å². The fourth-order valence-electron chi connectivity index (χ4n) is 3.34. The zero-order chi connectivity index (χ0) is 25.8. The number of benzene rings is 2. The number of pyridine rings is 1. The standard InChI is InChI=1S/C27H28F3NO4/c1-6-33-25(32)26(4,5)35-24-14-12-22(15-17(24)2)34-16-20-9-13-23(31-18(20)3)19-7-10-21(11-8-19)27(28,29)30/h7-15H,6,16H2,1-5H3. The summed E-state index contributed by atoms with van der Waals surface area (Å²) in [6.07, 6.45) is -4.37. The van der Waals surface area contributed by atoms with Gasteiger partial charge in [-0.05, 0) is 76.6 Å². The van der Waals surface area contributed by atoms with Gasteiger partial charge < -0.3 is 14.2 Å². The second-order valence-corrected chi connectivity index (χ2v) is 8.56. The van der Waals surface area contributed by atoms with E-state index in [1.165, 1.54) is 12.1 Å². The molecule has 0 saturated carbocycles. The molecule has 1 heterocycles. The van der Waals surface area contributed by atoms with Gasteiger partial charge >= 0.3 is 12.1 Å². The van der Waals surface area contributed by atoms with Crippen molar-refractivity contribution < 1.29 is 32.2 Å². The van der Waals surface area contributed by atoms with Crippen LogP contribution in [-0.2, 0) is 22.3 Å². The summed E-state index contributed by atoms with van der Waals surface area (Å²) in [6, 6.07) is 13.8. The topological polar surface area (TPSA) is 57.7 Å². The van der Waals surface area contributed by atoms with Gasteiger partial charge in [-0.15, -0.1) is 0 Å². The number of carbonyl (C=O) groups is 1. The van der Waals surface area contributed by atoms with Crippen molar-refractivity contribution >= 4 is 5.97 Å². The Morgan fingerprint density at radius 1 is 0.971 bits per heavy atom. The SMILES string of the molecule is CCOC(=O)C(C)(C)Oc1ccc(OCc2ccc(-c3ccc(C(F)(F)F)cc3)nc2C)cc1C. The van der Waals surface area contributed by atoms with Gasteiger partial charge in [0.15, 0.2) is 5.60 Å². The summed E-state index contributed by atoms with van der Waals surface area (Å²) in [6.45, 7) is 9.26. The molecule has 0 fully saturated rings. The molecule has 8 heteroatoms. The van der Waals surface area contributed by atoms with Gasteiger partial charge in [-0.3, -0.25) is 4.98 Å². The highest BCUT2D eigenvalue weighted by Crippen LogP contribution is 2.31. The largest absolute Gasteiger partial charge is 0.489 e. The molecule has 0 N–H and O–H groups in total. The van der Waals surface area contributed by atoms with Crippen molar-refractivity contribution in [3.8, 4) is 22.8 Å². The van der Waals surface area contributed by atoms with E-state index in [0.29, 0.717) is 22.8 Å². The minimum absolute atomic E-state index is 0.264. The first-order chi connectivity index (χ1) is 16.4. The number of esters is 1. The number of hydrogen-bond acceptors (Lipinski definition) is 5. The van der Waals surface area contributed by atoms with Crippen molar-refractivity contribution in [3.05, 3.63) is 77.0 Å². The molecule has 35 heavy (non-hydrogen) atoms. The van der Waals surface area contributed by atoms with Gasteiger partial charge in [0.05, 0.1) is 17.9 Å². The summed E-state index contributed by atoms with van der Waals surface area (Å²) in [5.41, 5.74) is 1.73. The van der Waals surface area contributed by atoms with E-state index in [2.05, 4.69) is 4.98 Å². The fraction of sp³-hybridized carbons (Fsp3) is 0.333. The Hall–Kier alpha value is -3.55. The molecule has 0 bridgehead atoms. The lowest BCUT2D eigenvalue weighted by Gasteiger charge is -2.25. The van der Waals surface area contributed by atoms with Crippen LogP contribution >= 0.6 is 0 Å². The third-order valence-electron chi connectivity index (χ3n) is 5.38. The lowest BCUT2D eigenvalue weighted by Crippen LogP contribution is -2.39. The van der Waals surface area contributed by atoms with Crippen LogP contribution in [0.1, 0.15) is 43.2 Å². The van der Waals surface area contributed by atoms with E-state index < -0.39 is 23.3 Å². The van der Waals surface area contributed by atoms with Crippen molar-refractivity contribution in [2.45, 2.75) is 53.0 Å². The molecule has 0 radical (unpaired) electrons. The molecule has 2 aromatic carbocycles. The number of nitrogens with zero attached hydrogens (tertiary/aromatic N) is 1. The van der Waals surface area contributed by atoms with Crippen molar-refractivity contribution in [3.63, 3.8) is 0 Å². The first kappa shape index (κ1) is 26.1. The Kier molecular flexibility index (Phi) is 7.73. The van der Waals surface area contributed by atoms with Crippen LogP contribution in [0.4, 0.5) is 13.2 Å². The van der Waals surface area contributed by atoms with Crippen molar-refractivity contribution in [2.75, 3.05) is 6.61 Å². The molecular formula is C27H28F3NO4. The highest BCUT2D eigenvalue weighted by atomic mass is 19.4. The highest BCUT2D eigenvalue weighted by Gasteiger charge is 2.32. The van der Waals surface area contributed by atoms with Crippen LogP contribution in [0.2, 0.25) is 0 Å². The molecule has 3 rings (SSSR count). The fourth-order valence-corrected chi connectivity index (χ4v) is 3.34. The molecular weight excluding hydrogens is 459 g/mol. The average molecular weight is 488 g/mol. The van der Waals surface area contributed by atoms with Gasteiger partial charge in [-0.2, -0.15) is 13.2 Å². The smallest absolute Gasteiger partial charge is 0.416 e. The van der Waals surface area contributed by atoms with Gasteiger partial charge in [0, 0.05) is 16.8 Å². The first-order valence-electron chi connectivity index (χ1n) is 11.1. The molecule has 0 aliphatic carbocycles. The third-order valence-corrected chi connectivity index (χ3v) is 5.38. The number of aryl methyl sites for hydroxylation is 2. The van der Waals surface area contributed by atoms with Crippen molar-refractivity contribution in [2.24, 2.45) is 0 Å². The number of halogens is 3. The lowest BCUT2D eigenvalue weighted by atomic mass is 10.1. The average Bonchev–Trinajstić information content (AvgIpc) is 2.79. The number of hydrogen-bond donors (Lipinski definition) is 0. The second-order valence-electron chi connectivity index (χ2n) is 8.56. The van der Waals surface area contributed by atoms with Crippen LogP contribution in [-0.4, -0.2) is 23.2 Å². The molecule has 0 aliphatic heterocycles. The summed E-state index contributed by atoms with van der Waals surface area (Å²) in [4.78, 5) is 16.6. The second kappa shape index (κ2) is 10.4. The van der Waals surface area contributed by atoms with Crippen LogP contribution in [0.15, 0.2) is 54.6 Å². The molecule has 1 aromatic heterocycles. The molecule has 0 atom stereocenters. The molecule has 0 aliphatic rings. The lowest BCUT2D eigenvalue weighted by molar-refractivity contribution is -0.158. The van der Waals surface area contributed by atoms with E-state index in [1.807, 2.05) is 26.0 Å². The van der Waals surface area contributed by atoms with Crippen molar-refractivity contribution in [1.29, 1.82) is 0 Å². The van der Waals surface area contributed by atoms with Gasteiger partial charge in [0.25, 0.3) is 0 Å². The predicted octanol–water partition coefficient (Wildman–Crippen LogP) is 6.68.